The van der Waals surface area contributed by atoms with E-state index in [-0.39, 0.29) is 11.8 Å². The van der Waals surface area contributed by atoms with Gasteiger partial charge in [-0.15, -0.1) is 0 Å². The number of thiazole rings is 2. The molecule has 0 aliphatic carbocycles. The Hall–Kier alpha value is -2.26. The van der Waals surface area contributed by atoms with Crippen LogP contribution in [-0.2, 0) is 22.7 Å². The third-order valence-corrected chi connectivity index (χ3v) is 8.70. The van der Waals surface area contributed by atoms with Crippen molar-refractivity contribution < 1.29 is 9.59 Å². The molecule has 0 N–H and O–H groups in total. The molecular formula is C27H30Cl2N4O2S2. The largest absolute Gasteiger partial charge is 0.317 e. The lowest BCUT2D eigenvalue weighted by Crippen LogP contribution is -2.15. The van der Waals surface area contributed by atoms with Crippen LogP contribution in [0.25, 0.3) is 20.4 Å². The van der Waals surface area contributed by atoms with E-state index in [4.69, 9.17) is 23.2 Å². The van der Waals surface area contributed by atoms with Crippen molar-refractivity contribution in [3.05, 3.63) is 56.0 Å². The van der Waals surface area contributed by atoms with Crippen molar-refractivity contribution in [2.75, 3.05) is 0 Å². The van der Waals surface area contributed by atoms with Crippen molar-refractivity contribution >= 4 is 78.1 Å². The molecule has 0 aliphatic heterocycles. The molecule has 0 radical (unpaired) electrons. The molecule has 0 bridgehead atoms. The second kappa shape index (κ2) is 13.0. The smallest absolute Gasteiger partial charge is 0.248 e. The van der Waals surface area contributed by atoms with Gasteiger partial charge in [-0.25, -0.2) is 0 Å². The molecule has 0 fully saturated rings. The van der Waals surface area contributed by atoms with Crippen molar-refractivity contribution in [1.82, 2.24) is 9.13 Å². The predicted molar refractivity (Wildman–Crippen MR) is 154 cm³/mol. The van der Waals surface area contributed by atoms with Crippen LogP contribution in [0.1, 0.15) is 58.8 Å². The van der Waals surface area contributed by atoms with Gasteiger partial charge in [-0.1, -0.05) is 65.1 Å². The fraction of sp³-hybridized carbons (Fsp3) is 0.407. The van der Waals surface area contributed by atoms with E-state index in [0.29, 0.717) is 22.9 Å². The van der Waals surface area contributed by atoms with Gasteiger partial charge in [-0.3, -0.25) is 9.59 Å². The SMILES string of the molecule is CCn1c(=NC(=O)CCCCCCCC(=O)N=c2sc3cc(Cl)ccc3n2CC)sc2cc(Cl)ccc21. The maximum atomic E-state index is 12.4. The van der Waals surface area contributed by atoms with Gasteiger partial charge in [0, 0.05) is 36.0 Å². The van der Waals surface area contributed by atoms with E-state index < -0.39 is 0 Å². The fourth-order valence-corrected chi connectivity index (χ4v) is 7.06. The number of unbranched alkanes of at least 4 members (excludes halogenated alkanes) is 4. The van der Waals surface area contributed by atoms with Crippen LogP contribution >= 0.6 is 45.9 Å². The Morgan fingerprint density at radius 2 is 1.11 bits per heavy atom. The molecule has 2 amide bonds. The minimum Gasteiger partial charge on any atom is -0.317 e. The lowest BCUT2D eigenvalue weighted by molar-refractivity contribution is -0.118. The van der Waals surface area contributed by atoms with Gasteiger partial charge in [0.05, 0.1) is 20.4 Å². The van der Waals surface area contributed by atoms with Gasteiger partial charge < -0.3 is 9.13 Å². The predicted octanol–water partition coefficient (Wildman–Crippen LogP) is 7.35. The number of rotatable bonds is 10. The molecule has 6 nitrogen and oxygen atoms in total. The van der Waals surface area contributed by atoms with E-state index in [9.17, 15) is 9.59 Å². The minimum atomic E-state index is -0.0947. The van der Waals surface area contributed by atoms with Gasteiger partial charge in [0.15, 0.2) is 9.60 Å². The number of carbonyl (C=O) groups excluding carboxylic acids is 2. The Morgan fingerprint density at radius 3 is 1.51 bits per heavy atom. The van der Waals surface area contributed by atoms with E-state index in [1.54, 1.807) is 0 Å². The highest BCUT2D eigenvalue weighted by Crippen LogP contribution is 2.23. The first-order chi connectivity index (χ1) is 17.9. The number of carbonyl (C=O) groups is 2. The second-order valence-corrected chi connectivity index (χ2v) is 11.7. The standard InChI is InChI=1S/C27H30Cl2N4O2S2/c1-3-32-20-14-12-18(28)16-22(20)36-26(32)30-24(34)10-8-6-5-7-9-11-25(35)31-27-33(4-2)21-15-13-19(29)17-23(21)37-27/h12-17H,3-11H2,1-2H3. The molecule has 196 valence electrons. The van der Waals surface area contributed by atoms with Gasteiger partial charge >= 0.3 is 0 Å². The molecule has 0 unspecified atom stereocenters. The third-order valence-electron chi connectivity index (χ3n) is 6.14. The lowest BCUT2D eigenvalue weighted by atomic mass is 10.1. The summed E-state index contributed by atoms with van der Waals surface area (Å²) in [5.41, 5.74) is 2.09. The lowest BCUT2D eigenvalue weighted by Gasteiger charge is -2.01. The molecule has 4 rings (SSSR count). The average molecular weight is 578 g/mol. The molecule has 37 heavy (non-hydrogen) atoms. The van der Waals surface area contributed by atoms with Crippen molar-refractivity contribution in [3.8, 4) is 0 Å². The summed E-state index contributed by atoms with van der Waals surface area (Å²) in [5.74, 6) is -0.189. The Bertz CT molecular complexity index is 1450. The highest BCUT2D eigenvalue weighted by molar-refractivity contribution is 7.16. The first-order valence-electron chi connectivity index (χ1n) is 12.6. The van der Waals surface area contributed by atoms with Gasteiger partial charge in [0.25, 0.3) is 0 Å². The fourth-order valence-electron chi connectivity index (χ4n) is 4.28. The summed E-state index contributed by atoms with van der Waals surface area (Å²) in [5, 5.41) is 1.36. The topological polar surface area (TPSA) is 68.7 Å². The zero-order valence-electron chi connectivity index (χ0n) is 21.0. The van der Waals surface area contributed by atoms with E-state index in [1.165, 1.54) is 22.7 Å². The van der Waals surface area contributed by atoms with Crippen LogP contribution in [-0.4, -0.2) is 20.9 Å². The van der Waals surface area contributed by atoms with Gasteiger partial charge in [0.2, 0.25) is 11.8 Å². The molecule has 2 aromatic carbocycles. The number of aryl methyl sites for hydroxylation is 2. The summed E-state index contributed by atoms with van der Waals surface area (Å²) in [4.78, 5) is 35.1. The number of nitrogens with zero attached hydrogens (tertiary/aromatic N) is 4. The maximum Gasteiger partial charge on any atom is 0.248 e. The Balaban J connectivity index is 1.22. The van der Waals surface area contributed by atoms with Crippen LogP contribution in [0.4, 0.5) is 0 Å². The molecule has 10 heteroatoms. The second-order valence-electron chi connectivity index (χ2n) is 8.76. The molecular weight excluding hydrogens is 547 g/mol. The van der Waals surface area contributed by atoms with E-state index in [1.807, 2.05) is 59.4 Å². The van der Waals surface area contributed by atoms with E-state index in [2.05, 4.69) is 9.98 Å². The van der Waals surface area contributed by atoms with Gasteiger partial charge in [-0.2, -0.15) is 9.98 Å². The molecule has 0 atom stereocenters. The molecule has 2 heterocycles. The number of hydrogen-bond acceptors (Lipinski definition) is 4. The first-order valence-corrected chi connectivity index (χ1v) is 15.0. The van der Waals surface area contributed by atoms with Crippen LogP contribution in [0.5, 0.6) is 0 Å². The zero-order valence-corrected chi connectivity index (χ0v) is 24.2. The molecule has 4 aromatic rings. The van der Waals surface area contributed by atoms with Crippen molar-refractivity contribution in [2.45, 2.75) is 71.9 Å². The summed E-state index contributed by atoms with van der Waals surface area (Å²) in [6.07, 6.45) is 5.31. The highest BCUT2D eigenvalue weighted by atomic mass is 35.5. The zero-order chi connectivity index (χ0) is 26.4. The van der Waals surface area contributed by atoms with E-state index >= 15 is 0 Å². The Labute approximate surface area is 233 Å². The highest BCUT2D eigenvalue weighted by Gasteiger charge is 2.09. The van der Waals surface area contributed by atoms with Crippen LogP contribution in [0.15, 0.2) is 46.4 Å². The Morgan fingerprint density at radius 1 is 0.703 bits per heavy atom. The summed E-state index contributed by atoms with van der Waals surface area (Å²) >= 11 is 15.2. The van der Waals surface area contributed by atoms with Gasteiger partial charge in [-0.05, 0) is 63.1 Å². The first kappa shape index (κ1) is 27.8. The normalized spacial score (nSPS) is 12.8. The van der Waals surface area contributed by atoms with Crippen molar-refractivity contribution in [3.63, 3.8) is 0 Å². The van der Waals surface area contributed by atoms with Crippen LogP contribution in [0.3, 0.4) is 0 Å². The number of amides is 2. The average Bonchev–Trinajstić information content (AvgIpc) is 3.38. The third kappa shape index (κ3) is 6.99. The molecule has 0 saturated carbocycles. The summed E-state index contributed by atoms with van der Waals surface area (Å²) in [7, 11) is 0. The number of hydrogen-bond donors (Lipinski definition) is 0. The van der Waals surface area contributed by atoms with Crippen LogP contribution in [0, 0.1) is 0 Å². The monoisotopic (exact) mass is 576 g/mol. The maximum absolute atomic E-state index is 12.4. The van der Waals surface area contributed by atoms with Crippen molar-refractivity contribution in [1.29, 1.82) is 0 Å². The van der Waals surface area contributed by atoms with Crippen molar-refractivity contribution in [2.24, 2.45) is 9.98 Å². The number of aromatic nitrogens is 2. The van der Waals surface area contributed by atoms with E-state index in [0.717, 1.165) is 75.2 Å². The molecule has 0 spiro atoms. The number of benzene rings is 2. The van der Waals surface area contributed by atoms with Crippen LogP contribution in [0.2, 0.25) is 10.0 Å². The quantitative estimate of drug-likeness (QED) is 0.185. The van der Waals surface area contributed by atoms with Gasteiger partial charge in [0.1, 0.15) is 0 Å². The van der Waals surface area contributed by atoms with Crippen LogP contribution < -0.4 is 9.60 Å². The molecule has 0 saturated heterocycles. The number of halogens is 2. The number of fused-ring (bicyclic) bond motifs is 2. The minimum absolute atomic E-state index is 0.0947. The molecule has 0 aliphatic rings. The summed E-state index contributed by atoms with van der Waals surface area (Å²) in [6, 6.07) is 11.5. The Kier molecular flexibility index (Phi) is 9.76. The summed E-state index contributed by atoms with van der Waals surface area (Å²) < 4.78 is 6.16. The molecule has 2 aromatic heterocycles. The summed E-state index contributed by atoms with van der Waals surface area (Å²) in [6.45, 7) is 5.58.